The van der Waals surface area contributed by atoms with Crippen LogP contribution in [-0.4, -0.2) is 63.8 Å². The van der Waals surface area contributed by atoms with E-state index in [1.807, 2.05) is 5.32 Å². The Kier molecular flexibility index (Phi) is 3.45. The van der Waals surface area contributed by atoms with E-state index in [1.54, 1.807) is 0 Å². The first-order valence-corrected chi connectivity index (χ1v) is 5.68. The van der Waals surface area contributed by atoms with Gasteiger partial charge in [-0.2, -0.15) is 0 Å². The number of hydrogen-bond acceptors (Lipinski definition) is 5. The largest absolute Gasteiger partial charge is 0.394 e. The van der Waals surface area contributed by atoms with E-state index in [9.17, 15) is 19.1 Å². The van der Waals surface area contributed by atoms with Gasteiger partial charge in [0.15, 0.2) is 6.23 Å². The molecule has 0 aromatic heterocycles. The number of halogens is 2. The standard InChI is InChI=1S/C9H12ClFN2O5/c10-9(11)6(16)4(3-14)18-7(9)13-2-1-5(15)12-8(13)17/h4,6-7,14,16H,1-3H2,(H,12,15,17)/t4-,6-,7-,9-/m1/s1. The fourth-order valence-corrected chi connectivity index (χ4v) is 2.26. The Balaban J connectivity index is 2.18. The van der Waals surface area contributed by atoms with Crippen LogP contribution in [0.4, 0.5) is 9.18 Å². The summed E-state index contributed by atoms with van der Waals surface area (Å²) in [7, 11) is 0. The second kappa shape index (κ2) is 4.61. The van der Waals surface area contributed by atoms with E-state index in [-0.39, 0.29) is 13.0 Å². The van der Waals surface area contributed by atoms with Crippen LogP contribution in [0, 0.1) is 0 Å². The molecule has 0 spiro atoms. The smallest absolute Gasteiger partial charge is 0.326 e. The van der Waals surface area contributed by atoms with Gasteiger partial charge in [-0.3, -0.25) is 15.0 Å². The number of aliphatic hydroxyl groups excluding tert-OH is 2. The quantitative estimate of drug-likeness (QED) is 0.559. The number of nitrogens with zero attached hydrogens (tertiary/aromatic N) is 1. The molecule has 2 aliphatic rings. The van der Waals surface area contributed by atoms with Crippen LogP contribution in [0.3, 0.4) is 0 Å². The van der Waals surface area contributed by atoms with Gasteiger partial charge in [0.1, 0.15) is 12.2 Å². The molecular weight excluding hydrogens is 271 g/mol. The lowest BCUT2D eigenvalue weighted by Crippen LogP contribution is -2.58. The lowest BCUT2D eigenvalue weighted by atomic mass is 10.1. The summed E-state index contributed by atoms with van der Waals surface area (Å²) in [4.78, 5) is 23.4. The van der Waals surface area contributed by atoms with Crippen molar-refractivity contribution in [2.45, 2.75) is 30.0 Å². The van der Waals surface area contributed by atoms with Gasteiger partial charge in [-0.1, -0.05) is 11.6 Å². The number of ether oxygens (including phenoxy) is 1. The number of amides is 3. The first kappa shape index (κ1) is 13.5. The Morgan fingerprint density at radius 3 is 2.78 bits per heavy atom. The molecule has 2 heterocycles. The van der Waals surface area contributed by atoms with Crippen molar-refractivity contribution in [2.24, 2.45) is 0 Å². The van der Waals surface area contributed by atoms with Crippen molar-refractivity contribution in [1.82, 2.24) is 10.2 Å². The molecule has 7 nitrogen and oxygen atoms in total. The third-order valence-corrected chi connectivity index (χ3v) is 3.34. The van der Waals surface area contributed by atoms with E-state index in [2.05, 4.69) is 0 Å². The fraction of sp³-hybridized carbons (Fsp3) is 0.778. The molecule has 2 rings (SSSR count). The minimum atomic E-state index is -2.73. The highest BCUT2D eigenvalue weighted by molar-refractivity contribution is 6.24. The normalized spacial score (nSPS) is 41.1. The number of imide groups is 1. The SMILES string of the molecule is O=C1CCN([C@@H]2O[C@H](CO)[C@@H](O)[C@]2(F)Cl)C(=O)N1. The molecule has 9 heteroatoms. The van der Waals surface area contributed by atoms with Gasteiger partial charge < -0.3 is 14.9 Å². The van der Waals surface area contributed by atoms with E-state index >= 15 is 0 Å². The van der Waals surface area contributed by atoms with Gasteiger partial charge >= 0.3 is 6.03 Å². The molecule has 18 heavy (non-hydrogen) atoms. The maximum atomic E-state index is 14.1. The Labute approximate surface area is 106 Å². The zero-order valence-corrected chi connectivity index (χ0v) is 9.93. The third-order valence-electron chi connectivity index (χ3n) is 2.93. The van der Waals surface area contributed by atoms with Crippen LogP contribution >= 0.6 is 11.6 Å². The third kappa shape index (κ3) is 2.05. The van der Waals surface area contributed by atoms with Gasteiger partial charge in [-0.15, -0.1) is 0 Å². The van der Waals surface area contributed by atoms with Gasteiger partial charge in [-0.05, 0) is 0 Å². The highest BCUT2D eigenvalue weighted by Crippen LogP contribution is 2.40. The van der Waals surface area contributed by atoms with Crippen LogP contribution < -0.4 is 5.32 Å². The zero-order chi connectivity index (χ0) is 13.5. The predicted molar refractivity (Wildman–Crippen MR) is 56.3 cm³/mol. The molecule has 0 aromatic carbocycles. The number of urea groups is 1. The Hall–Kier alpha value is -0.960. The zero-order valence-electron chi connectivity index (χ0n) is 9.18. The molecule has 2 fully saturated rings. The fourth-order valence-electron chi connectivity index (χ4n) is 1.95. The Morgan fingerprint density at radius 1 is 1.61 bits per heavy atom. The maximum absolute atomic E-state index is 14.1. The van der Waals surface area contributed by atoms with Crippen LogP contribution in [-0.2, 0) is 9.53 Å². The van der Waals surface area contributed by atoms with Gasteiger partial charge in [0.25, 0.3) is 5.13 Å². The van der Waals surface area contributed by atoms with Crippen molar-refractivity contribution < 1.29 is 28.9 Å². The summed E-state index contributed by atoms with van der Waals surface area (Å²) in [6.45, 7) is -0.705. The highest BCUT2D eigenvalue weighted by Gasteiger charge is 2.59. The molecule has 0 radical (unpaired) electrons. The van der Waals surface area contributed by atoms with Crippen LogP contribution in [0.15, 0.2) is 0 Å². The van der Waals surface area contributed by atoms with Crippen molar-refractivity contribution in [2.75, 3.05) is 13.2 Å². The Morgan fingerprint density at radius 2 is 2.28 bits per heavy atom. The molecule has 2 saturated heterocycles. The number of carbonyl (C=O) groups excluding carboxylic acids is 2. The van der Waals surface area contributed by atoms with E-state index in [1.165, 1.54) is 0 Å². The number of nitrogens with one attached hydrogen (secondary N) is 1. The predicted octanol–water partition coefficient (Wildman–Crippen LogP) is -1.09. The topological polar surface area (TPSA) is 99.1 Å². The molecule has 0 unspecified atom stereocenters. The molecule has 102 valence electrons. The van der Waals surface area contributed by atoms with Crippen molar-refractivity contribution in [3.8, 4) is 0 Å². The van der Waals surface area contributed by atoms with Gasteiger partial charge in [0, 0.05) is 13.0 Å². The number of aliphatic hydroxyl groups is 2. The average Bonchev–Trinajstić information content (AvgIpc) is 2.52. The summed E-state index contributed by atoms with van der Waals surface area (Å²) in [6, 6.07) is -0.843. The van der Waals surface area contributed by atoms with Crippen LogP contribution in [0.1, 0.15) is 6.42 Å². The molecule has 0 saturated carbocycles. The molecule has 2 aliphatic heterocycles. The van der Waals surface area contributed by atoms with Gasteiger partial charge in [0.05, 0.1) is 6.61 Å². The lowest BCUT2D eigenvalue weighted by molar-refractivity contribution is -0.125. The molecule has 0 aliphatic carbocycles. The maximum Gasteiger partial charge on any atom is 0.326 e. The van der Waals surface area contributed by atoms with Crippen molar-refractivity contribution in [3.63, 3.8) is 0 Å². The number of alkyl halides is 2. The molecule has 4 atom stereocenters. The second-order valence-corrected chi connectivity index (χ2v) is 4.70. The van der Waals surface area contributed by atoms with E-state index in [4.69, 9.17) is 21.4 Å². The minimum Gasteiger partial charge on any atom is -0.394 e. The summed E-state index contributed by atoms with van der Waals surface area (Å²) in [5, 5.41) is 17.7. The first-order chi connectivity index (χ1) is 8.37. The van der Waals surface area contributed by atoms with Crippen LogP contribution in [0.25, 0.3) is 0 Å². The van der Waals surface area contributed by atoms with Gasteiger partial charge in [-0.25, -0.2) is 9.18 Å². The highest BCUT2D eigenvalue weighted by atomic mass is 35.5. The molecule has 3 N–H and O–H groups in total. The summed E-state index contributed by atoms with van der Waals surface area (Å²) in [5.41, 5.74) is 0. The summed E-state index contributed by atoms with van der Waals surface area (Å²) in [6.07, 6.45) is -4.56. The second-order valence-electron chi connectivity index (χ2n) is 4.13. The Bertz CT molecular complexity index is 380. The number of carbonyl (C=O) groups is 2. The molecular formula is C9H12ClFN2O5. The van der Waals surface area contributed by atoms with E-state index in [0.717, 1.165) is 4.90 Å². The molecule has 0 bridgehead atoms. The summed E-state index contributed by atoms with van der Waals surface area (Å²) >= 11 is 5.53. The monoisotopic (exact) mass is 282 g/mol. The van der Waals surface area contributed by atoms with Crippen molar-refractivity contribution in [3.05, 3.63) is 0 Å². The van der Waals surface area contributed by atoms with Crippen molar-refractivity contribution in [1.29, 1.82) is 0 Å². The number of hydrogen-bond donors (Lipinski definition) is 3. The summed E-state index contributed by atoms with van der Waals surface area (Å²) < 4.78 is 19.2. The minimum absolute atomic E-state index is 0.0154. The first-order valence-electron chi connectivity index (χ1n) is 5.30. The lowest BCUT2D eigenvalue weighted by Gasteiger charge is -2.34. The van der Waals surface area contributed by atoms with E-state index < -0.39 is 42.1 Å². The molecule has 3 amide bonds. The molecule has 0 aromatic rings. The summed E-state index contributed by atoms with van der Waals surface area (Å²) in [5.74, 6) is -0.479. The van der Waals surface area contributed by atoms with Gasteiger partial charge in [0.2, 0.25) is 5.91 Å². The number of rotatable bonds is 2. The van der Waals surface area contributed by atoms with E-state index in [0.29, 0.717) is 0 Å². The van der Waals surface area contributed by atoms with Crippen molar-refractivity contribution >= 4 is 23.5 Å². The van der Waals surface area contributed by atoms with Crippen LogP contribution in [0.2, 0.25) is 0 Å². The van der Waals surface area contributed by atoms with Crippen LogP contribution in [0.5, 0.6) is 0 Å². The average molecular weight is 283 g/mol.